The summed E-state index contributed by atoms with van der Waals surface area (Å²) >= 11 is 3.30. The zero-order chi connectivity index (χ0) is 52.1. The van der Waals surface area contributed by atoms with E-state index in [1.807, 2.05) is 0 Å². The molecule has 8 N–H and O–H groups in total. The van der Waals surface area contributed by atoms with Gasteiger partial charge in [0.1, 0.15) is 66.1 Å². The van der Waals surface area contributed by atoms with Crippen molar-refractivity contribution >= 4 is 69.2 Å². The first-order valence-electron chi connectivity index (χ1n) is 23.5. The van der Waals surface area contributed by atoms with Crippen molar-refractivity contribution in [1.82, 2.24) is 41.7 Å². The predicted octanol–water partition coefficient (Wildman–Crippen LogP) is 1.60. The first-order valence-corrected chi connectivity index (χ1v) is 24.3. The Hall–Kier alpha value is -6.35. The number of esters is 1. The number of nitrogens with zero attached hydrogens (tertiary/aromatic N) is 2. The SMILES string of the molecule is C/C=C1\NC(=O)[C@@H](NC(=O)[C@@H](NC(=O)[C@H](C)NC(=O)CCC)C(C)C)[C@@H](C)OC(=O)[C@H](C(C)C)NC(=O)[C@H](Cc2ccc(O)c(Br)c2)N(C)C(=O)[C@H](Cc2ccccc2)N2C(=O)[C@H](CC[C@H]2O)NC1=O. The van der Waals surface area contributed by atoms with E-state index in [0.29, 0.717) is 22.0 Å². The first kappa shape index (κ1) is 56.2. The van der Waals surface area contributed by atoms with Gasteiger partial charge < -0.3 is 56.7 Å². The number of benzene rings is 2. The molecule has 2 bridgehead atoms. The van der Waals surface area contributed by atoms with Crippen molar-refractivity contribution in [3.05, 3.63) is 75.9 Å². The van der Waals surface area contributed by atoms with Gasteiger partial charge in [0.15, 0.2) is 0 Å². The molecule has 2 fully saturated rings. The maximum Gasteiger partial charge on any atom is 0.329 e. The number of phenolic OH excluding ortho intramolecular Hbond substituents is 1. The van der Waals surface area contributed by atoms with Crippen LogP contribution < -0.4 is 31.9 Å². The number of likely N-dealkylation sites (N-methyl/N-ethyl adjacent to an activating group) is 1. The highest BCUT2D eigenvalue weighted by molar-refractivity contribution is 9.10. The second-order valence-electron chi connectivity index (χ2n) is 18.3. The molecule has 4 rings (SSSR count). The number of aromatic hydroxyl groups is 1. The van der Waals surface area contributed by atoms with Gasteiger partial charge in [-0.3, -0.25) is 38.4 Å². The van der Waals surface area contributed by atoms with Gasteiger partial charge >= 0.3 is 5.97 Å². The number of halogens is 1. The highest BCUT2D eigenvalue weighted by Gasteiger charge is 2.45. The van der Waals surface area contributed by atoms with Crippen LogP contribution in [0.15, 0.2) is 64.8 Å². The monoisotopic (exact) mass is 1040 g/mol. The van der Waals surface area contributed by atoms with Crippen molar-refractivity contribution in [1.29, 1.82) is 0 Å². The van der Waals surface area contributed by atoms with Crippen LogP contribution in [-0.2, 0) is 60.7 Å². The van der Waals surface area contributed by atoms with Crippen molar-refractivity contribution in [2.45, 2.75) is 149 Å². The lowest BCUT2D eigenvalue weighted by Crippen LogP contribution is -2.64. The molecule has 382 valence electrons. The summed E-state index contributed by atoms with van der Waals surface area (Å²) in [5, 5.41) is 37.3. The number of phenols is 1. The van der Waals surface area contributed by atoms with Gasteiger partial charge in [0.05, 0.1) is 4.47 Å². The van der Waals surface area contributed by atoms with Crippen LogP contribution in [0, 0.1) is 11.8 Å². The third-order valence-corrected chi connectivity index (χ3v) is 12.8. The Labute approximate surface area is 416 Å². The third kappa shape index (κ3) is 14.6. The Kier molecular flexibility index (Phi) is 20.5. The fourth-order valence-electron chi connectivity index (χ4n) is 8.07. The summed E-state index contributed by atoms with van der Waals surface area (Å²) < 4.78 is 6.16. The van der Waals surface area contributed by atoms with E-state index in [0.717, 1.165) is 9.80 Å². The second kappa shape index (κ2) is 25.5. The van der Waals surface area contributed by atoms with Crippen LogP contribution >= 0.6 is 15.9 Å². The van der Waals surface area contributed by atoms with Crippen LogP contribution in [0.3, 0.4) is 0 Å². The molecule has 70 heavy (non-hydrogen) atoms. The number of hydrogen-bond acceptors (Lipinski definition) is 12. The molecule has 0 aliphatic carbocycles. The normalized spacial score (nSPS) is 24.6. The smallest absolute Gasteiger partial charge is 0.329 e. The molecule has 21 heteroatoms. The minimum Gasteiger partial charge on any atom is -0.507 e. The molecule has 2 heterocycles. The molecule has 2 aliphatic rings. The van der Waals surface area contributed by atoms with Gasteiger partial charge in [-0.25, -0.2) is 4.79 Å². The molecule has 0 saturated carbocycles. The summed E-state index contributed by atoms with van der Waals surface area (Å²) in [7, 11) is 1.35. The number of cyclic esters (lactones) is 1. The van der Waals surface area contributed by atoms with Crippen molar-refractivity contribution < 1.29 is 58.1 Å². The number of piperidine rings is 1. The summed E-state index contributed by atoms with van der Waals surface area (Å²) in [5.41, 5.74) is 0.712. The largest absolute Gasteiger partial charge is 0.507 e. The second-order valence-corrected chi connectivity index (χ2v) is 19.2. The zero-order valence-electron chi connectivity index (χ0n) is 41.0. The molecule has 0 aromatic heterocycles. The first-order chi connectivity index (χ1) is 33.0. The molecule has 20 nitrogen and oxygen atoms in total. The van der Waals surface area contributed by atoms with Gasteiger partial charge in [0.2, 0.25) is 35.4 Å². The average Bonchev–Trinajstić information content (AvgIpc) is 3.30. The van der Waals surface area contributed by atoms with Gasteiger partial charge in [0.25, 0.3) is 11.8 Å². The van der Waals surface area contributed by atoms with Crippen LogP contribution in [0.4, 0.5) is 0 Å². The number of aliphatic hydroxyl groups excluding tert-OH is 1. The number of nitrogens with one attached hydrogen (secondary N) is 6. The number of hydrogen-bond donors (Lipinski definition) is 8. The minimum absolute atomic E-state index is 0.0680. The molecule has 2 aromatic rings. The predicted molar refractivity (Wildman–Crippen MR) is 259 cm³/mol. The Morgan fingerprint density at radius 2 is 1.53 bits per heavy atom. The quantitative estimate of drug-likeness (QED) is 0.105. The van der Waals surface area contributed by atoms with Crippen LogP contribution in [-0.4, -0.2) is 135 Å². The summed E-state index contributed by atoms with van der Waals surface area (Å²) in [6.45, 7) is 12.5. The molecule has 8 amide bonds. The number of carbonyl (C=O) groups is 9. The minimum atomic E-state index is -1.75. The maximum absolute atomic E-state index is 15.0. The average molecular weight is 1040 g/mol. The Bertz CT molecular complexity index is 2290. The van der Waals surface area contributed by atoms with Crippen LogP contribution in [0.5, 0.6) is 5.75 Å². The summed E-state index contributed by atoms with van der Waals surface area (Å²) in [6.07, 6.45) is -1.51. The van der Waals surface area contributed by atoms with Gasteiger partial charge in [-0.1, -0.05) is 77.1 Å². The van der Waals surface area contributed by atoms with E-state index >= 15 is 4.79 Å². The molecular formula is C49H67BrN8O12. The molecule has 2 saturated heterocycles. The van der Waals surface area contributed by atoms with Crippen LogP contribution in [0.25, 0.3) is 0 Å². The van der Waals surface area contributed by atoms with Crippen molar-refractivity contribution in [2.24, 2.45) is 11.8 Å². The lowest BCUT2D eigenvalue weighted by atomic mass is 9.95. The standard InChI is InChI=1S/C49H67BrN8O12/c1-10-15-37(60)51-27(7)42(62)54-39(25(3)4)45(65)56-41-28(8)70-49(69)40(26(5)6)55-44(64)34(24-30-18-20-36(59)31(50)22-30)57(9)48(68)35(23-29-16-13-12-14-17-29)58-38(61)21-19-33(47(58)67)53-43(63)32(11-2)52-46(41)66/h11-14,16-18,20,22,25-28,33-35,38-41,59,61H,10,15,19,21,23-24H2,1-9H3,(H,51,60)(H,52,66)(H,53,63)(H,54,62)(H,55,64)(H,56,65)/b32-11-/t27-,28+,33-,34-,35-,38+,39-,40-,41-/m0/s1. The van der Waals surface area contributed by atoms with Gasteiger partial charge in [-0.2, -0.15) is 0 Å². The Morgan fingerprint density at radius 1 is 0.871 bits per heavy atom. The van der Waals surface area contributed by atoms with Gasteiger partial charge in [-0.05, 0) is 91.1 Å². The Balaban J connectivity index is 1.83. The third-order valence-electron chi connectivity index (χ3n) is 12.2. The molecule has 9 atom stereocenters. The van der Waals surface area contributed by atoms with Crippen LogP contribution in [0.1, 0.15) is 92.2 Å². The van der Waals surface area contributed by atoms with E-state index in [1.165, 1.54) is 40.0 Å². The number of rotatable bonds is 13. The van der Waals surface area contributed by atoms with E-state index < -0.39 is 114 Å². The summed E-state index contributed by atoms with van der Waals surface area (Å²) in [6, 6.07) is 3.53. The fourth-order valence-corrected chi connectivity index (χ4v) is 8.50. The number of allylic oxidation sites excluding steroid dienone is 1. The Morgan fingerprint density at radius 3 is 2.13 bits per heavy atom. The van der Waals surface area contributed by atoms with E-state index in [2.05, 4.69) is 47.8 Å². The lowest BCUT2D eigenvalue weighted by Gasteiger charge is -2.43. The highest BCUT2D eigenvalue weighted by Crippen LogP contribution is 2.28. The molecular weight excluding hydrogens is 972 g/mol. The molecule has 2 aliphatic heterocycles. The molecule has 2 aromatic carbocycles. The fraction of sp³-hybridized carbons (Fsp3) is 0.531. The summed E-state index contributed by atoms with van der Waals surface area (Å²) in [4.78, 5) is 129. The van der Waals surface area contributed by atoms with E-state index in [9.17, 15) is 48.6 Å². The van der Waals surface area contributed by atoms with Crippen molar-refractivity contribution in [2.75, 3.05) is 7.05 Å². The molecule has 0 unspecified atom stereocenters. The molecule has 0 radical (unpaired) electrons. The number of amides is 8. The molecule has 0 spiro atoms. The number of ether oxygens (including phenoxy) is 1. The van der Waals surface area contributed by atoms with Gasteiger partial charge in [-0.15, -0.1) is 0 Å². The van der Waals surface area contributed by atoms with E-state index in [1.54, 1.807) is 77.1 Å². The van der Waals surface area contributed by atoms with Gasteiger partial charge in [0, 0.05) is 26.3 Å². The number of fused-ring (bicyclic) bond motifs is 2. The number of aliphatic hydroxyl groups is 1. The number of carbonyl (C=O) groups excluding carboxylic acids is 9. The zero-order valence-corrected chi connectivity index (χ0v) is 42.6. The lowest BCUT2D eigenvalue weighted by molar-refractivity contribution is -0.165. The van der Waals surface area contributed by atoms with Crippen molar-refractivity contribution in [3.8, 4) is 5.75 Å². The highest BCUT2D eigenvalue weighted by atomic mass is 79.9. The van der Waals surface area contributed by atoms with E-state index in [4.69, 9.17) is 4.74 Å². The van der Waals surface area contributed by atoms with Crippen molar-refractivity contribution in [3.63, 3.8) is 0 Å². The summed E-state index contributed by atoms with van der Waals surface area (Å²) in [5.74, 6) is -8.72. The van der Waals surface area contributed by atoms with E-state index in [-0.39, 0.29) is 49.5 Å². The topological polar surface area (TPSA) is 282 Å². The van der Waals surface area contributed by atoms with Crippen LogP contribution in [0.2, 0.25) is 0 Å². The maximum atomic E-state index is 15.0.